The Morgan fingerprint density at radius 3 is 2.35 bits per heavy atom. The van der Waals surface area contributed by atoms with E-state index in [1.807, 2.05) is 0 Å². The van der Waals surface area contributed by atoms with Crippen LogP contribution in [0.2, 0.25) is 0 Å². The fourth-order valence-electron chi connectivity index (χ4n) is 1.73. The Balaban J connectivity index is 3.98. The monoisotopic (exact) mass is 264 g/mol. The SMILES string of the molecule is CCCCC(CC)CP(=O)(O)OCCC(C)C. The summed E-state index contributed by atoms with van der Waals surface area (Å²) in [5.41, 5.74) is 0. The molecule has 0 fully saturated rings. The first-order valence-electron chi connectivity index (χ1n) is 6.87. The normalized spacial score (nSPS) is 17.1. The number of rotatable bonds is 10. The molecular formula is C13H29O3P. The number of hydrogen-bond donors (Lipinski definition) is 1. The van der Waals surface area contributed by atoms with Gasteiger partial charge in [0.1, 0.15) is 0 Å². The Bertz CT molecular complexity index is 229. The van der Waals surface area contributed by atoms with Crippen molar-refractivity contribution in [1.29, 1.82) is 0 Å². The van der Waals surface area contributed by atoms with E-state index < -0.39 is 7.60 Å². The molecular weight excluding hydrogens is 235 g/mol. The second-order valence-electron chi connectivity index (χ2n) is 5.25. The number of hydrogen-bond acceptors (Lipinski definition) is 2. The molecule has 104 valence electrons. The molecule has 3 nitrogen and oxygen atoms in total. The summed E-state index contributed by atoms with van der Waals surface area (Å²) in [6, 6.07) is 0. The molecule has 0 rings (SSSR count). The van der Waals surface area contributed by atoms with E-state index in [-0.39, 0.29) is 0 Å². The van der Waals surface area contributed by atoms with Gasteiger partial charge in [0, 0.05) is 0 Å². The lowest BCUT2D eigenvalue weighted by molar-refractivity contribution is 0.238. The summed E-state index contributed by atoms with van der Waals surface area (Å²) in [5, 5.41) is 0. The highest BCUT2D eigenvalue weighted by molar-refractivity contribution is 7.52. The van der Waals surface area contributed by atoms with Gasteiger partial charge in [-0.25, -0.2) is 0 Å². The van der Waals surface area contributed by atoms with Crippen LogP contribution >= 0.6 is 7.60 Å². The molecule has 0 spiro atoms. The third-order valence-electron chi connectivity index (χ3n) is 3.02. The lowest BCUT2D eigenvalue weighted by Crippen LogP contribution is -2.08. The molecule has 0 aliphatic carbocycles. The van der Waals surface area contributed by atoms with Crippen molar-refractivity contribution in [3.63, 3.8) is 0 Å². The van der Waals surface area contributed by atoms with Crippen molar-refractivity contribution in [2.45, 2.75) is 59.8 Å². The molecule has 0 saturated carbocycles. The van der Waals surface area contributed by atoms with Crippen molar-refractivity contribution in [3.05, 3.63) is 0 Å². The summed E-state index contributed by atoms with van der Waals surface area (Å²) >= 11 is 0. The third kappa shape index (κ3) is 9.82. The summed E-state index contributed by atoms with van der Waals surface area (Å²) in [4.78, 5) is 9.76. The second-order valence-corrected chi connectivity index (χ2v) is 7.15. The smallest absolute Gasteiger partial charge is 0.324 e. The minimum absolute atomic E-state index is 0.321. The van der Waals surface area contributed by atoms with Gasteiger partial charge >= 0.3 is 7.60 Å². The molecule has 0 radical (unpaired) electrons. The molecule has 0 heterocycles. The highest BCUT2D eigenvalue weighted by Gasteiger charge is 2.24. The van der Waals surface area contributed by atoms with Crippen LogP contribution in [0.5, 0.6) is 0 Å². The van der Waals surface area contributed by atoms with Crippen LogP contribution in [0.15, 0.2) is 0 Å². The van der Waals surface area contributed by atoms with Crippen LogP contribution in [0, 0.1) is 11.8 Å². The largest absolute Gasteiger partial charge is 0.328 e. The van der Waals surface area contributed by atoms with Crippen LogP contribution < -0.4 is 0 Å². The highest BCUT2D eigenvalue weighted by Crippen LogP contribution is 2.45. The zero-order valence-electron chi connectivity index (χ0n) is 11.8. The lowest BCUT2D eigenvalue weighted by Gasteiger charge is -2.19. The Morgan fingerprint density at radius 2 is 1.88 bits per heavy atom. The molecule has 4 heteroatoms. The second kappa shape index (κ2) is 9.13. The van der Waals surface area contributed by atoms with Crippen LogP contribution in [0.25, 0.3) is 0 Å². The van der Waals surface area contributed by atoms with Crippen molar-refractivity contribution < 1.29 is 14.0 Å². The highest BCUT2D eigenvalue weighted by atomic mass is 31.2. The zero-order chi connectivity index (χ0) is 13.3. The summed E-state index contributed by atoms with van der Waals surface area (Å²) < 4.78 is 17.0. The molecule has 2 unspecified atom stereocenters. The van der Waals surface area contributed by atoms with Gasteiger partial charge in [-0.3, -0.25) is 4.57 Å². The maximum atomic E-state index is 11.9. The average molecular weight is 264 g/mol. The molecule has 0 aromatic heterocycles. The van der Waals surface area contributed by atoms with E-state index >= 15 is 0 Å². The third-order valence-corrected chi connectivity index (χ3v) is 4.58. The van der Waals surface area contributed by atoms with Gasteiger partial charge in [0.2, 0.25) is 0 Å². The van der Waals surface area contributed by atoms with Crippen LogP contribution in [0.1, 0.15) is 59.8 Å². The molecule has 0 aromatic rings. The van der Waals surface area contributed by atoms with Crippen molar-refractivity contribution >= 4 is 7.60 Å². The Morgan fingerprint density at radius 1 is 1.24 bits per heavy atom. The Labute approximate surface area is 106 Å². The predicted octanol–water partition coefficient (Wildman–Crippen LogP) is 4.45. The molecule has 17 heavy (non-hydrogen) atoms. The van der Waals surface area contributed by atoms with E-state index in [2.05, 4.69) is 27.7 Å². The van der Waals surface area contributed by atoms with Crippen molar-refractivity contribution in [2.75, 3.05) is 12.8 Å². The van der Waals surface area contributed by atoms with Gasteiger partial charge in [-0.15, -0.1) is 0 Å². The van der Waals surface area contributed by atoms with Gasteiger partial charge in [0.25, 0.3) is 0 Å². The molecule has 0 aliphatic rings. The van der Waals surface area contributed by atoms with Crippen molar-refractivity contribution in [3.8, 4) is 0 Å². The van der Waals surface area contributed by atoms with Gasteiger partial charge in [-0.1, -0.05) is 47.0 Å². The van der Waals surface area contributed by atoms with Crippen molar-refractivity contribution in [1.82, 2.24) is 0 Å². The van der Waals surface area contributed by atoms with Gasteiger partial charge in [-0.05, 0) is 24.7 Å². The quantitative estimate of drug-likeness (QED) is 0.593. The van der Waals surface area contributed by atoms with Crippen LogP contribution in [0.4, 0.5) is 0 Å². The summed E-state index contributed by atoms with van der Waals surface area (Å²) in [6.07, 6.45) is 5.42. The van der Waals surface area contributed by atoms with E-state index in [1.54, 1.807) is 0 Å². The van der Waals surface area contributed by atoms with E-state index in [0.717, 1.165) is 32.1 Å². The maximum Gasteiger partial charge on any atom is 0.328 e. The Hall–Kier alpha value is 0.150. The molecule has 0 aliphatic heterocycles. The predicted molar refractivity (Wildman–Crippen MR) is 73.4 cm³/mol. The fourth-order valence-corrected chi connectivity index (χ4v) is 3.32. The Kier molecular flexibility index (Phi) is 9.21. The minimum Gasteiger partial charge on any atom is -0.324 e. The zero-order valence-corrected chi connectivity index (χ0v) is 12.7. The maximum absolute atomic E-state index is 11.9. The molecule has 0 saturated heterocycles. The summed E-state index contributed by atoms with van der Waals surface area (Å²) in [7, 11) is -3.36. The van der Waals surface area contributed by atoms with Gasteiger partial charge in [0.15, 0.2) is 0 Å². The van der Waals surface area contributed by atoms with Crippen LogP contribution in [-0.4, -0.2) is 17.7 Å². The minimum atomic E-state index is -3.36. The average Bonchev–Trinajstić information content (AvgIpc) is 2.23. The molecule has 0 bridgehead atoms. The van der Waals surface area contributed by atoms with E-state index in [0.29, 0.717) is 24.6 Å². The standard InChI is InChI=1S/C13H29O3P/c1-5-7-8-13(6-2)11-17(14,15)16-10-9-12(3)4/h12-13H,5-11H2,1-4H3,(H,14,15). The van der Waals surface area contributed by atoms with E-state index in [4.69, 9.17) is 4.52 Å². The van der Waals surface area contributed by atoms with Gasteiger partial charge in [0.05, 0.1) is 12.8 Å². The summed E-state index contributed by atoms with van der Waals surface area (Å²) in [5.74, 6) is 0.835. The van der Waals surface area contributed by atoms with E-state index in [1.165, 1.54) is 0 Å². The topological polar surface area (TPSA) is 46.5 Å². The molecule has 0 aromatic carbocycles. The first kappa shape index (κ1) is 17.2. The molecule has 1 N–H and O–H groups in total. The summed E-state index contributed by atoms with van der Waals surface area (Å²) in [6.45, 7) is 8.79. The number of unbranched alkanes of at least 4 members (excludes halogenated alkanes) is 1. The van der Waals surface area contributed by atoms with Crippen molar-refractivity contribution in [2.24, 2.45) is 11.8 Å². The first-order valence-corrected chi connectivity index (χ1v) is 8.63. The van der Waals surface area contributed by atoms with Gasteiger partial charge < -0.3 is 9.42 Å². The van der Waals surface area contributed by atoms with Crippen LogP contribution in [-0.2, 0) is 9.09 Å². The van der Waals surface area contributed by atoms with E-state index in [9.17, 15) is 9.46 Å². The lowest BCUT2D eigenvalue weighted by atomic mass is 10.0. The molecule has 0 amide bonds. The van der Waals surface area contributed by atoms with Gasteiger partial charge in [-0.2, -0.15) is 0 Å². The van der Waals surface area contributed by atoms with Crippen LogP contribution in [0.3, 0.4) is 0 Å². The first-order chi connectivity index (χ1) is 7.91. The molecule has 2 atom stereocenters. The fraction of sp³-hybridized carbons (Fsp3) is 1.00.